The van der Waals surface area contributed by atoms with E-state index in [-0.39, 0.29) is 29.8 Å². The molecule has 0 saturated carbocycles. The fourth-order valence-corrected chi connectivity index (χ4v) is 7.08. The van der Waals surface area contributed by atoms with Crippen molar-refractivity contribution >= 4 is 42.9 Å². The first kappa shape index (κ1) is 15.8. The highest BCUT2D eigenvalue weighted by molar-refractivity contribution is 7.92. The second-order valence-corrected chi connectivity index (χ2v) is 10.1. The highest BCUT2D eigenvalue weighted by Gasteiger charge is 2.39. The van der Waals surface area contributed by atoms with Crippen molar-refractivity contribution in [2.45, 2.75) is 23.0 Å². The van der Waals surface area contributed by atoms with Crippen molar-refractivity contribution in [2.75, 3.05) is 29.8 Å². The normalized spacial score (nSPS) is 40.5. The zero-order chi connectivity index (χ0) is 14.3. The molecule has 2 aliphatic heterocycles. The summed E-state index contributed by atoms with van der Waals surface area (Å²) in [6.07, 6.45) is -1.25. The molecule has 2 saturated heterocycles. The van der Waals surface area contributed by atoms with E-state index in [4.69, 9.17) is 32.7 Å². The smallest absolute Gasteiger partial charge is 0.154 e. The average Bonchev–Trinajstić information content (AvgIpc) is 2.63. The third-order valence-corrected chi connectivity index (χ3v) is 7.68. The second kappa shape index (κ2) is 5.65. The largest absolute Gasteiger partial charge is 0.350 e. The predicted molar refractivity (Wildman–Crippen MR) is 71.2 cm³/mol. The van der Waals surface area contributed by atoms with Gasteiger partial charge in [0.2, 0.25) is 0 Å². The molecule has 2 fully saturated rings. The third kappa shape index (κ3) is 4.18. The SMILES string of the molecule is O=S1(=O)CC(Cl)C(OCOC2CS(=O)(=O)CC2Cl)C1. The summed E-state index contributed by atoms with van der Waals surface area (Å²) >= 11 is 11.7. The van der Waals surface area contributed by atoms with Gasteiger partial charge in [-0.3, -0.25) is 0 Å². The van der Waals surface area contributed by atoms with Gasteiger partial charge in [-0.25, -0.2) is 16.8 Å². The summed E-state index contributed by atoms with van der Waals surface area (Å²) in [7, 11) is -6.32. The summed E-state index contributed by atoms with van der Waals surface area (Å²) in [6, 6.07) is 0. The van der Waals surface area contributed by atoms with E-state index in [0.717, 1.165) is 0 Å². The van der Waals surface area contributed by atoms with Gasteiger partial charge in [0, 0.05) is 0 Å². The maximum atomic E-state index is 11.3. The van der Waals surface area contributed by atoms with Crippen LogP contribution < -0.4 is 0 Å². The Bertz CT molecular complexity index is 483. The van der Waals surface area contributed by atoms with Crippen molar-refractivity contribution < 1.29 is 26.3 Å². The van der Waals surface area contributed by atoms with Crippen LogP contribution in [0.4, 0.5) is 0 Å². The lowest BCUT2D eigenvalue weighted by Crippen LogP contribution is -2.29. The molecule has 0 radical (unpaired) electrons. The first-order valence-electron chi connectivity index (χ1n) is 5.61. The van der Waals surface area contributed by atoms with E-state index in [2.05, 4.69) is 0 Å². The molecule has 19 heavy (non-hydrogen) atoms. The van der Waals surface area contributed by atoms with Crippen molar-refractivity contribution in [1.82, 2.24) is 0 Å². The Labute approximate surface area is 122 Å². The summed E-state index contributed by atoms with van der Waals surface area (Å²) in [6.45, 7) is -0.215. The van der Waals surface area contributed by atoms with Gasteiger partial charge >= 0.3 is 0 Å². The number of hydrogen-bond acceptors (Lipinski definition) is 6. The Morgan fingerprint density at radius 3 is 1.42 bits per heavy atom. The van der Waals surface area contributed by atoms with Gasteiger partial charge < -0.3 is 9.47 Å². The van der Waals surface area contributed by atoms with Gasteiger partial charge in [0.25, 0.3) is 0 Å². The summed E-state index contributed by atoms with van der Waals surface area (Å²) in [5.41, 5.74) is 0. The Hall–Kier alpha value is 0.400. The van der Waals surface area contributed by atoms with Crippen LogP contribution in [-0.2, 0) is 29.1 Å². The lowest BCUT2D eigenvalue weighted by molar-refractivity contribution is -0.103. The number of halogens is 2. The zero-order valence-corrected chi connectivity index (χ0v) is 13.0. The topological polar surface area (TPSA) is 86.7 Å². The van der Waals surface area contributed by atoms with E-state index in [1.807, 2.05) is 0 Å². The number of rotatable bonds is 4. The fraction of sp³-hybridized carbons (Fsp3) is 1.00. The van der Waals surface area contributed by atoms with Gasteiger partial charge in [-0.05, 0) is 0 Å². The molecule has 0 amide bonds. The molecule has 4 unspecified atom stereocenters. The highest BCUT2D eigenvalue weighted by atomic mass is 35.5. The van der Waals surface area contributed by atoms with E-state index in [0.29, 0.717) is 0 Å². The van der Waals surface area contributed by atoms with Gasteiger partial charge in [-0.15, -0.1) is 23.2 Å². The van der Waals surface area contributed by atoms with Crippen LogP contribution in [0.25, 0.3) is 0 Å². The van der Waals surface area contributed by atoms with Gasteiger partial charge in [0.1, 0.15) is 6.79 Å². The van der Waals surface area contributed by atoms with Crippen LogP contribution in [0.5, 0.6) is 0 Å². The van der Waals surface area contributed by atoms with E-state index in [1.165, 1.54) is 0 Å². The molecule has 2 aliphatic rings. The molecule has 0 aromatic heterocycles. The molecule has 2 heterocycles. The quantitative estimate of drug-likeness (QED) is 0.513. The Morgan fingerprint density at radius 2 is 1.16 bits per heavy atom. The Morgan fingerprint density at radius 1 is 0.789 bits per heavy atom. The van der Waals surface area contributed by atoms with Crippen LogP contribution in [0.2, 0.25) is 0 Å². The molecule has 0 bridgehead atoms. The number of sulfone groups is 2. The molecule has 0 aromatic rings. The molecule has 4 atom stereocenters. The van der Waals surface area contributed by atoms with E-state index in [1.54, 1.807) is 0 Å². The number of hydrogen-bond donors (Lipinski definition) is 0. The van der Waals surface area contributed by atoms with Crippen molar-refractivity contribution in [2.24, 2.45) is 0 Å². The van der Waals surface area contributed by atoms with Crippen LogP contribution in [0.15, 0.2) is 0 Å². The maximum Gasteiger partial charge on any atom is 0.154 e. The Kier molecular flexibility index (Phi) is 4.69. The summed E-state index contributed by atoms with van der Waals surface area (Å²) < 4.78 is 55.7. The van der Waals surface area contributed by atoms with Crippen molar-refractivity contribution in [3.63, 3.8) is 0 Å². The van der Waals surface area contributed by atoms with Crippen molar-refractivity contribution in [3.05, 3.63) is 0 Å². The van der Waals surface area contributed by atoms with Gasteiger partial charge in [-0.2, -0.15) is 0 Å². The minimum Gasteiger partial charge on any atom is -0.350 e. The molecule has 2 rings (SSSR count). The Balaban J connectivity index is 1.79. The van der Waals surface area contributed by atoms with E-state index < -0.39 is 42.6 Å². The van der Waals surface area contributed by atoms with Crippen LogP contribution >= 0.6 is 23.2 Å². The zero-order valence-electron chi connectivity index (χ0n) is 9.87. The van der Waals surface area contributed by atoms with Crippen molar-refractivity contribution in [3.8, 4) is 0 Å². The molecular formula is C9H14Cl2O6S2. The first-order valence-corrected chi connectivity index (χ1v) is 10.1. The minimum atomic E-state index is -3.16. The summed E-state index contributed by atoms with van der Waals surface area (Å²) in [5.74, 6) is -0.514. The number of alkyl halides is 2. The van der Waals surface area contributed by atoms with Gasteiger partial charge in [0.15, 0.2) is 19.7 Å². The lowest BCUT2D eigenvalue weighted by Gasteiger charge is -2.17. The van der Waals surface area contributed by atoms with E-state index in [9.17, 15) is 16.8 Å². The van der Waals surface area contributed by atoms with Crippen LogP contribution in [-0.4, -0.2) is 69.6 Å². The summed E-state index contributed by atoms with van der Waals surface area (Å²) in [5, 5.41) is -1.21. The van der Waals surface area contributed by atoms with Crippen molar-refractivity contribution in [1.29, 1.82) is 0 Å². The van der Waals surface area contributed by atoms with Crippen LogP contribution in [0.1, 0.15) is 0 Å². The second-order valence-electron chi connectivity index (χ2n) is 4.71. The first-order chi connectivity index (χ1) is 8.69. The fourth-order valence-electron chi connectivity index (χ4n) is 2.06. The molecule has 6 nitrogen and oxygen atoms in total. The van der Waals surface area contributed by atoms with Gasteiger partial charge in [0.05, 0.1) is 46.0 Å². The number of ether oxygens (including phenoxy) is 2. The third-order valence-electron chi connectivity index (χ3n) is 3.03. The standard InChI is InChI=1S/C9H14Cl2O6S2/c10-6-1-18(12,13)3-8(6)16-5-17-9-4-19(14,15)2-7(9)11/h6-9H,1-5H2. The molecule has 0 aromatic carbocycles. The highest BCUT2D eigenvalue weighted by Crippen LogP contribution is 2.23. The molecule has 112 valence electrons. The van der Waals surface area contributed by atoms with Gasteiger partial charge in [-0.1, -0.05) is 0 Å². The van der Waals surface area contributed by atoms with E-state index >= 15 is 0 Å². The molecule has 0 spiro atoms. The molecule has 0 aliphatic carbocycles. The summed E-state index contributed by atoms with van der Waals surface area (Å²) in [4.78, 5) is 0. The minimum absolute atomic E-state index is 0.116. The molecule has 10 heteroatoms. The molecule has 0 N–H and O–H groups in total. The van der Waals surface area contributed by atoms with Crippen LogP contribution in [0.3, 0.4) is 0 Å². The lowest BCUT2D eigenvalue weighted by atomic mass is 10.3. The molecular weight excluding hydrogens is 339 g/mol. The monoisotopic (exact) mass is 352 g/mol. The average molecular weight is 353 g/mol. The predicted octanol–water partition coefficient (Wildman–Crippen LogP) is -0.214. The van der Waals surface area contributed by atoms with Crippen LogP contribution in [0, 0.1) is 0 Å². The maximum absolute atomic E-state index is 11.3.